The van der Waals surface area contributed by atoms with Crippen molar-refractivity contribution < 1.29 is 8.78 Å². The van der Waals surface area contributed by atoms with Crippen molar-refractivity contribution in [2.24, 2.45) is 0 Å². The smallest absolute Gasteiger partial charge is 0.150 e. The maximum atomic E-state index is 12.8. The molecular formula is C7H6BrF2N. The third-order valence-corrected chi connectivity index (χ3v) is 1.88. The van der Waals surface area contributed by atoms with Crippen molar-refractivity contribution in [3.8, 4) is 0 Å². The van der Waals surface area contributed by atoms with Crippen molar-refractivity contribution in [3.05, 3.63) is 28.2 Å². The van der Waals surface area contributed by atoms with Crippen LogP contribution in [-0.4, -0.2) is 7.05 Å². The van der Waals surface area contributed by atoms with Gasteiger partial charge in [0.2, 0.25) is 0 Å². The summed E-state index contributed by atoms with van der Waals surface area (Å²) in [5.74, 6) is -1.19. The number of anilines is 1. The van der Waals surface area contributed by atoms with Gasteiger partial charge in [-0.1, -0.05) is 0 Å². The summed E-state index contributed by atoms with van der Waals surface area (Å²) in [4.78, 5) is 0. The predicted octanol–water partition coefficient (Wildman–Crippen LogP) is 2.77. The van der Waals surface area contributed by atoms with E-state index < -0.39 is 11.6 Å². The highest BCUT2D eigenvalue weighted by Gasteiger charge is 2.06. The largest absolute Gasteiger partial charge is 0.385 e. The molecule has 0 amide bonds. The van der Waals surface area contributed by atoms with Gasteiger partial charge in [-0.05, 0) is 22.0 Å². The Hall–Kier alpha value is -0.640. The Balaban J connectivity index is 3.25. The number of hydrogen-bond donors (Lipinski definition) is 1. The van der Waals surface area contributed by atoms with Crippen molar-refractivity contribution in [3.63, 3.8) is 0 Å². The molecule has 0 radical (unpaired) electrons. The molecule has 1 aromatic carbocycles. The average Bonchev–Trinajstić information content (AvgIpc) is 1.85. The van der Waals surface area contributed by atoms with E-state index in [-0.39, 0.29) is 5.69 Å². The molecule has 0 aliphatic heterocycles. The quantitative estimate of drug-likeness (QED) is 0.770. The molecule has 0 aliphatic rings. The Morgan fingerprint density at radius 1 is 1.36 bits per heavy atom. The second kappa shape index (κ2) is 3.17. The normalized spacial score (nSPS) is 9.82. The minimum Gasteiger partial charge on any atom is -0.385 e. The lowest BCUT2D eigenvalue weighted by molar-refractivity contribution is 0.584. The first-order chi connectivity index (χ1) is 5.15. The van der Waals surface area contributed by atoms with Gasteiger partial charge in [0.25, 0.3) is 0 Å². The first-order valence-corrected chi connectivity index (χ1v) is 3.76. The molecule has 1 aromatic rings. The van der Waals surface area contributed by atoms with Crippen molar-refractivity contribution in [2.75, 3.05) is 12.4 Å². The summed E-state index contributed by atoms with van der Waals surface area (Å²) in [6.07, 6.45) is 0. The summed E-state index contributed by atoms with van der Waals surface area (Å²) >= 11 is 3.02. The lowest BCUT2D eigenvalue weighted by atomic mass is 10.3. The van der Waals surface area contributed by atoms with E-state index in [0.717, 1.165) is 6.07 Å². The van der Waals surface area contributed by atoms with Crippen LogP contribution in [0.25, 0.3) is 0 Å². The fourth-order valence-corrected chi connectivity index (χ4v) is 1.39. The van der Waals surface area contributed by atoms with E-state index in [2.05, 4.69) is 21.2 Å². The first kappa shape index (κ1) is 8.46. The van der Waals surface area contributed by atoms with Gasteiger partial charge in [-0.15, -0.1) is 0 Å². The van der Waals surface area contributed by atoms with Gasteiger partial charge in [0.1, 0.15) is 11.6 Å². The van der Waals surface area contributed by atoms with E-state index in [1.54, 1.807) is 7.05 Å². The van der Waals surface area contributed by atoms with Crippen LogP contribution in [-0.2, 0) is 0 Å². The minimum atomic E-state index is -0.598. The van der Waals surface area contributed by atoms with E-state index in [9.17, 15) is 8.78 Å². The molecule has 0 aromatic heterocycles. The number of benzene rings is 1. The maximum Gasteiger partial charge on any atom is 0.150 e. The molecule has 11 heavy (non-hydrogen) atoms. The molecule has 0 spiro atoms. The summed E-state index contributed by atoms with van der Waals surface area (Å²) in [5, 5.41) is 2.60. The first-order valence-electron chi connectivity index (χ1n) is 2.97. The average molecular weight is 222 g/mol. The van der Waals surface area contributed by atoms with Crippen molar-refractivity contribution in [2.45, 2.75) is 0 Å². The summed E-state index contributed by atoms with van der Waals surface area (Å²) < 4.78 is 25.6. The molecule has 1 N–H and O–H groups in total. The molecular weight excluding hydrogens is 216 g/mol. The van der Waals surface area contributed by atoms with Crippen LogP contribution < -0.4 is 5.32 Å². The second-order valence-corrected chi connectivity index (χ2v) is 2.85. The third kappa shape index (κ3) is 1.68. The lowest BCUT2D eigenvalue weighted by Crippen LogP contribution is -1.94. The highest BCUT2D eigenvalue weighted by atomic mass is 79.9. The summed E-state index contributed by atoms with van der Waals surface area (Å²) in [7, 11) is 1.57. The van der Waals surface area contributed by atoms with E-state index in [1.807, 2.05) is 0 Å². The monoisotopic (exact) mass is 221 g/mol. The molecule has 0 saturated carbocycles. The Kier molecular flexibility index (Phi) is 2.44. The highest BCUT2D eigenvalue weighted by Crippen LogP contribution is 2.25. The van der Waals surface area contributed by atoms with Crippen LogP contribution in [0.2, 0.25) is 0 Å². The van der Waals surface area contributed by atoms with Gasteiger partial charge < -0.3 is 5.32 Å². The fourth-order valence-electron chi connectivity index (χ4n) is 0.781. The standard InChI is InChI=1S/C7H6BrF2N/c1-11-7-5(8)2-4(9)3-6(7)10/h2-3,11H,1H3. The van der Waals surface area contributed by atoms with Crippen LogP contribution in [0.1, 0.15) is 0 Å². The van der Waals surface area contributed by atoms with Crippen LogP contribution in [0.3, 0.4) is 0 Å². The lowest BCUT2D eigenvalue weighted by Gasteiger charge is -2.03. The Labute approximate surface area is 71.5 Å². The highest BCUT2D eigenvalue weighted by molar-refractivity contribution is 9.10. The molecule has 0 bridgehead atoms. The summed E-state index contributed by atoms with van der Waals surface area (Å²) in [6.45, 7) is 0. The Bertz CT molecular complexity index is 252. The van der Waals surface area contributed by atoms with Crippen molar-refractivity contribution >= 4 is 21.6 Å². The van der Waals surface area contributed by atoms with E-state index in [1.165, 1.54) is 6.07 Å². The van der Waals surface area contributed by atoms with Gasteiger partial charge in [0.15, 0.2) is 0 Å². The number of halogens is 3. The Morgan fingerprint density at radius 2 is 2.00 bits per heavy atom. The molecule has 0 atom stereocenters. The summed E-state index contributed by atoms with van der Waals surface area (Å²) in [6, 6.07) is 2.03. The molecule has 1 nitrogen and oxygen atoms in total. The molecule has 1 rings (SSSR count). The fraction of sp³-hybridized carbons (Fsp3) is 0.143. The molecule has 4 heteroatoms. The van der Waals surface area contributed by atoms with E-state index in [4.69, 9.17) is 0 Å². The van der Waals surface area contributed by atoms with E-state index in [0.29, 0.717) is 4.47 Å². The molecule has 0 unspecified atom stereocenters. The molecule has 0 aliphatic carbocycles. The molecule has 60 valence electrons. The summed E-state index contributed by atoms with van der Waals surface area (Å²) in [5.41, 5.74) is 0.270. The predicted molar refractivity (Wildman–Crippen MR) is 43.6 cm³/mol. The van der Waals surface area contributed by atoms with E-state index >= 15 is 0 Å². The van der Waals surface area contributed by atoms with Crippen LogP contribution in [0, 0.1) is 11.6 Å². The van der Waals surface area contributed by atoms with Gasteiger partial charge in [-0.3, -0.25) is 0 Å². The zero-order valence-electron chi connectivity index (χ0n) is 5.79. The van der Waals surface area contributed by atoms with Gasteiger partial charge in [0.05, 0.1) is 5.69 Å². The number of nitrogens with one attached hydrogen (secondary N) is 1. The topological polar surface area (TPSA) is 12.0 Å². The Morgan fingerprint density at radius 3 is 2.45 bits per heavy atom. The molecule has 0 saturated heterocycles. The molecule has 0 heterocycles. The van der Waals surface area contributed by atoms with Crippen LogP contribution in [0.4, 0.5) is 14.5 Å². The maximum absolute atomic E-state index is 12.8. The van der Waals surface area contributed by atoms with Crippen LogP contribution >= 0.6 is 15.9 Å². The van der Waals surface area contributed by atoms with Crippen LogP contribution in [0.5, 0.6) is 0 Å². The van der Waals surface area contributed by atoms with Gasteiger partial charge in [-0.2, -0.15) is 0 Å². The number of hydrogen-bond acceptors (Lipinski definition) is 1. The SMILES string of the molecule is CNc1c(F)cc(F)cc1Br. The van der Waals surface area contributed by atoms with Gasteiger partial charge >= 0.3 is 0 Å². The van der Waals surface area contributed by atoms with Crippen LogP contribution in [0.15, 0.2) is 16.6 Å². The molecule has 0 fully saturated rings. The second-order valence-electron chi connectivity index (χ2n) is 1.99. The minimum absolute atomic E-state index is 0.270. The van der Waals surface area contributed by atoms with Gasteiger partial charge in [-0.25, -0.2) is 8.78 Å². The zero-order valence-corrected chi connectivity index (χ0v) is 7.37. The number of rotatable bonds is 1. The van der Waals surface area contributed by atoms with Gasteiger partial charge in [0, 0.05) is 17.6 Å². The van der Waals surface area contributed by atoms with Crippen molar-refractivity contribution in [1.82, 2.24) is 0 Å². The zero-order chi connectivity index (χ0) is 8.43. The third-order valence-electron chi connectivity index (χ3n) is 1.26. The van der Waals surface area contributed by atoms with Crippen molar-refractivity contribution in [1.29, 1.82) is 0 Å².